The maximum Gasteiger partial charge on any atom is 0.416 e. The molecule has 220 valence electrons. The molecule has 2 aliphatic rings. The van der Waals surface area contributed by atoms with E-state index in [4.69, 9.17) is 18.9 Å². The van der Waals surface area contributed by atoms with E-state index in [0.29, 0.717) is 6.54 Å². The Balaban J connectivity index is 1.63. The molecule has 40 heavy (non-hydrogen) atoms. The number of benzene rings is 2. The summed E-state index contributed by atoms with van der Waals surface area (Å²) >= 11 is 0. The Hall–Kier alpha value is -2.60. The fourth-order valence-electron chi connectivity index (χ4n) is 5.08. The van der Waals surface area contributed by atoms with E-state index >= 15 is 0 Å². The summed E-state index contributed by atoms with van der Waals surface area (Å²) in [5, 5.41) is 2.87. The number of alkyl halides is 3. The van der Waals surface area contributed by atoms with Gasteiger partial charge in [0.15, 0.2) is 23.0 Å². The predicted octanol–water partition coefficient (Wildman–Crippen LogP) is 5.91. The van der Waals surface area contributed by atoms with Crippen LogP contribution in [0.1, 0.15) is 57.2 Å². The third-order valence-corrected chi connectivity index (χ3v) is 6.99. The Bertz CT molecular complexity index is 1200. The smallest absolute Gasteiger partial charge is 0.370 e. The first-order valence-corrected chi connectivity index (χ1v) is 13.2. The van der Waals surface area contributed by atoms with E-state index in [1.54, 1.807) is 13.8 Å². The number of halogens is 5. The molecule has 0 unspecified atom stereocenters. The zero-order chi connectivity index (χ0) is 29.3. The molecule has 1 N–H and O–H groups in total. The Kier molecular flexibility index (Phi) is 8.89. The fraction of sp³-hybridized carbons (Fsp3) is 0.552. The van der Waals surface area contributed by atoms with Crippen LogP contribution in [-0.4, -0.2) is 42.2 Å². The van der Waals surface area contributed by atoms with Crippen molar-refractivity contribution >= 4 is 5.91 Å². The molecule has 4 rings (SSSR count). The summed E-state index contributed by atoms with van der Waals surface area (Å²) in [6.07, 6.45) is -6.68. The van der Waals surface area contributed by atoms with Crippen molar-refractivity contribution in [3.05, 3.63) is 70.8 Å². The molecule has 1 amide bonds. The van der Waals surface area contributed by atoms with Gasteiger partial charge in [0, 0.05) is 24.9 Å². The zero-order valence-electron chi connectivity index (χ0n) is 22.8. The summed E-state index contributed by atoms with van der Waals surface area (Å²) in [5.74, 6) is -3.43. The zero-order valence-corrected chi connectivity index (χ0v) is 22.8. The number of rotatable bonds is 9. The Labute approximate surface area is 230 Å². The molecule has 1 aliphatic carbocycles. The second-order valence-corrected chi connectivity index (χ2v) is 11.2. The number of amides is 1. The van der Waals surface area contributed by atoms with Gasteiger partial charge in [0.25, 0.3) is 5.91 Å². The molecule has 0 radical (unpaired) electrons. The van der Waals surface area contributed by atoms with Crippen LogP contribution < -0.4 is 5.32 Å². The highest BCUT2D eigenvalue weighted by molar-refractivity contribution is 5.85. The molecule has 0 bridgehead atoms. The molecule has 2 aromatic rings. The summed E-state index contributed by atoms with van der Waals surface area (Å²) in [4.78, 5) is 13.7. The van der Waals surface area contributed by atoms with Crippen molar-refractivity contribution < 1.29 is 45.7 Å². The standard InChI is InChI=1S/C29H34F5NO5/c1-17(2)14-35-26(36)28(38-15-18-7-5-9-20(11-18)29(32,33)34)12-22(25-23(13-28)39-27(3,4)40-25)37-16-19-8-6-10-21(30)24(19)31/h5-11,17,22-23,25H,12-16H2,1-4H3,(H,35,36)/t22-,23-,25+,28-/m1/s1. The highest BCUT2D eigenvalue weighted by Crippen LogP contribution is 2.44. The predicted molar refractivity (Wildman–Crippen MR) is 135 cm³/mol. The van der Waals surface area contributed by atoms with Gasteiger partial charge >= 0.3 is 6.18 Å². The molecule has 2 aromatic carbocycles. The van der Waals surface area contributed by atoms with E-state index in [-0.39, 0.29) is 43.1 Å². The van der Waals surface area contributed by atoms with E-state index in [1.165, 1.54) is 24.3 Å². The van der Waals surface area contributed by atoms with Gasteiger partial charge in [0.05, 0.1) is 31.0 Å². The molecule has 4 atom stereocenters. The third kappa shape index (κ3) is 6.99. The third-order valence-electron chi connectivity index (χ3n) is 6.99. The highest BCUT2D eigenvalue weighted by atomic mass is 19.4. The van der Waals surface area contributed by atoms with Crippen molar-refractivity contribution in [3.63, 3.8) is 0 Å². The molecule has 0 spiro atoms. The van der Waals surface area contributed by atoms with Gasteiger partial charge in [-0.25, -0.2) is 8.78 Å². The number of carbonyl (C=O) groups excluding carboxylic acids is 1. The largest absolute Gasteiger partial charge is 0.416 e. The van der Waals surface area contributed by atoms with Crippen molar-refractivity contribution in [1.29, 1.82) is 0 Å². The van der Waals surface area contributed by atoms with Gasteiger partial charge in [0.1, 0.15) is 6.10 Å². The Morgan fingerprint density at radius 3 is 2.50 bits per heavy atom. The molecule has 1 saturated carbocycles. The normalized spacial score (nSPS) is 26.1. The number of fused-ring (bicyclic) bond motifs is 1. The van der Waals surface area contributed by atoms with Gasteiger partial charge in [-0.2, -0.15) is 13.2 Å². The molecular formula is C29H34F5NO5. The summed E-state index contributed by atoms with van der Waals surface area (Å²) in [5.41, 5.74) is -2.17. The first-order valence-electron chi connectivity index (χ1n) is 13.2. The number of ether oxygens (including phenoxy) is 4. The maximum absolute atomic E-state index is 14.3. The van der Waals surface area contributed by atoms with Crippen molar-refractivity contribution in [2.24, 2.45) is 5.92 Å². The Morgan fingerprint density at radius 1 is 1.07 bits per heavy atom. The number of nitrogens with one attached hydrogen (secondary N) is 1. The molecular weight excluding hydrogens is 537 g/mol. The summed E-state index contributed by atoms with van der Waals surface area (Å²) in [7, 11) is 0. The van der Waals surface area contributed by atoms with E-state index < -0.39 is 59.0 Å². The highest BCUT2D eigenvalue weighted by Gasteiger charge is 2.58. The lowest BCUT2D eigenvalue weighted by atomic mass is 9.78. The molecule has 0 aromatic heterocycles. The van der Waals surface area contributed by atoms with Crippen LogP contribution in [0, 0.1) is 17.6 Å². The lowest BCUT2D eigenvalue weighted by Gasteiger charge is -2.43. The van der Waals surface area contributed by atoms with Gasteiger partial charge in [-0.1, -0.05) is 38.1 Å². The van der Waals surface area contributed by atoms with Crippen LogP contribution in [0.3, 0.4) is 0 Å². The van der Waals surface area contributed by atoms with Crippen molar-refractivity contribution in [1.82, 2.24) is 5.32 Å². The van der Waals surface area contributed by atoms with Crippen LogP contribution in [0.5, 0.6) is 0 Å². The molecule has 2 fully saturated rings. The van der Waals surface area contributed by atoms with Crippen LogP contribution >= 0.6 is 0 Å². The van der Waals surface area contributed by atoms with Crippen LogP contribution in [0.15, 0.2) is 42.5 Å². The number of carbonyl (C=O) groups is 1. The van der Waals surface area contributed by atoms with E-state index in [0.717, 1.165) is 18.2 Å². The topological polar surface area (TPSA) is 66.0 Å². The summed E-state index contributed by atoms with van der Waals surface area (Å²) in [6, 6.07) is 8.45. The minimum atomic E-state index is -4.54. The minimum Gasteiger partial charge on any atom is -0.370 e. The van der Waals surface area contributed by atoms with Gasteiger partial charge < -0.3 is 24.3 Å². The summed E-state index contributed by atoms with van der Waals surface area (Å²) < 4.78 is 92.4. The Morgan fingerprint density at radius 2 is 1.80 bits per heavy atom. The van der Waals surface area contributed by atoms with Gasteiger partial charge in [-0.3, -0.25) is 4.79 Å². The quantitative estimate of drug-likeness (QED) is 0.379. The molecule has 6 nitrogen and oxygen atoms in total. The van der Waals surface area contributed by atoms with Crippen LogP contribution in [0.25, 0.3) is 0 Å². The lowest BCUT2D eigenvalue weighted by molar-refractivity contribution is -0.183. The van der Waals surface area contributed by atoms with Gasteiger partial charge in [-0.05, 0) is 43.5 Å². The number of hydrogen-bond donors (Lipinski definition) is 1. The fourth-order valence-corrected chi connectivity index (χ4v) is 5.08. The van der Waals surface area contributed by atoms with Gasteiger partial charge in [0.2, 0.25) is 0 Å². The van der Waals surface area contributed by atoms with Crippen molar-refractivity contribution in [2.45, 2.75) is 89.6 Å². The van der Waals surface area contributed by atoms with E-state index in [1.807, 2.05) is 13.8 Å². The lowest BCUT2D eigenvalue weighted by Crippen LogP contribution is -2.60. The second kappa shape index (κ2) is 11.7. The maximum atomic E-state index is 14.3. The van der Waals surface area contributed by atoms with E-state index in [2.05, 4.69) is 5.32 Å². The first-order chi connectivity index (χ1) is 18.7. The van der Waals surface area contributed by atoms with E-state index in [9.17, 15) is 26.7 Å². The summed E-state index contributed by atoms with van der Waals surface area (Å²) in [6.45, 7) is 7.00. The molecule has 11 heteroatoms. The second-order valence-electron chi connectivity index (χ2n) is 11.2. The molecule has 1 aliphatic heterocycles. The molecule has 1 saturated heterocycles. The van der Waals surface area contributed by atoms with Crippen LogP contribution in [0.4, 0.5) is 22.0 Å². The average molecular weight is 572 g/mol. The first kappa shape index (κ1) is 30.4. The monoisotopic (exact) mass is 571 g/mol. The van der Waals surface area contributed by atoms with Crippen LogP contribution in [-0.2, 0) is 43.1 Å². The van der Waals surface area contributed by atoms with Crippen LogP contribution in [0.2, 0.25) is 0 Å². The minimum absolute atomic E-state index is 0.0138. The van der Waals surface area contributed by atoms with Gasteiger partial charge in [-0.15, -0.1) is 0 Å². The SMILES string of the molecule is CC(C)CNC(=O)[C@@]1(OCc2cccc(C(F)(F)F)c2)C[C@@H](OCc2cccc(F)c2F)[C@@H]2OC(C)(C)O[C@@H]2C1. The van der Waals surface area contributed by atoms with Crippen molar-refractivity contribution in [3.8, 4) is 0 Å². The average Bonchev–Trinajstić information content (AvgIpc) is 3.20. The van der Waals surface area contributed by atoms with Crippen molar-refractivity contribution in [2.75, 3.05) is 6.54 Å². The number of hydrogen-bond acceptors (Lipinski definition) is 5. The molecule has 1 heterocycles.